The van der Waals surface area contributed by atoms with Crippen molar-refractivity contribution in [1.82, 2.24) is 9.88 Å². The second kappa shape index (κ2) is 6.42. The molecule has 1 amide bonds. The molecule has 7 heteroatoms. The predicted octanol–water partition coefficient (Wildman–Crippen LogP) is 0.625. The molecule has 0 spiro atoms. The predicted molar refractivity (Wildman–Crippen MR) is 66.5 cm³/mol. The molecular formula is C13H15FN2O4. The average molecular weight is 282 g/mol. The van der Waals surface area contributed by atoms with Crippen LogP contribution in [-0.4, -0.2) is 54.7 Å². The number of nitrogens with zero attached hydrogens (tertiary/aromatic N) is 2. The van der Waals surface area contributed by atoms with Crippen molar-refractivity contribution < 1.29 is 23.5 Å². The van der Waals surface area contributed by atoms with Crippen LogP contribution >= 0.6 is 0 Å². The van der Waals surface area contributed by atoms with Crippen LogP contribution in [0.4, 0.5) is 4.39 Å². The van der Waals surface area contributed by atoms with Gasteiger partial charge in [-0.05, 0) is 12.1 Å². The van der Waals surface area contributed by atoms with Crippen LogP contribution in [0.2, 0.25) is 0 Å². The summed E-state index contributed by atoms with van der Waals surface area (Å²) in [5.41, 5.74) is 0.171. The molecule has 0 saturated carbocycles. The third kappa shape index (κ3) is 3.51. The van der Waals surface area contributed by atoms with Gasteiger partial charge in [0.25, 0.3) is 5.91 Å². The summed E-state index contributed by atoms with van der Waals surface area (Å²) >= 11 is 0. The minimum Gasteiger partial charge on any atom is -0.469 e. The van der Waals surface area contributed by atoms with Crippen molar-refractivity contribution in [3.05, 3.63) is 29.8 Å². The first-order valence-electron chi connectivity index (χ1n) is 6.19. The molecule has 1 unspecified atom stereocenters. The number of methoxy groups -OCH3 is 1. The molecule has 20 heavy (non-hydrogen) atoms. The maximum atomic E-state index is 12.8. The van der Waals surface area contributed by atoms with Crippen molar-refractivity contribution in [3.63, 3.8) is 0 Å². The number of amides is 1. The maximum Gasteiger partial charge on any atom is 0.308 e. The molecule has 1 aliphatic rings. The molecule has 0 bridgehead atoms. The highest BCUT2D eigenvalue weighted by molar-refractivity contribution is 5.92. The molecule has 1 aromatic rings. The van der Waals surface area contributed by atoms with Gasteiger partial charge < -0.3 is 14.4 Å². The lowest BCUT2D eigenvalue weighted by Crippen LogP contribution is -2.46. The summed E-state index contributed by atoms with van der Waals surface area (Å²) < 4.78 is 22.8. The van der Waals surface area contributed by atoms with Gasteiger partial charge in [0, 0.05) is 13.1 Å². The summed E-state index contributed by atoms with van der Waals surface area (Å²) in [5, 5.41) is 0. The number of hydrogen-bond acceptors (Lipinski definition) is 5. The van der Waals surface area contributed by atoms with Gasteiger partial charge in [0.15, 0.2) is 0 Å². The number of esters is 1. The zero-order valence-corrected chi connectivity index (χ0v) is 11.0. The Labute approximate surface area is 115 Å². The molecule has 1 fully saturated rings. The molecule has 0 aliphatic carbocycles. The zero-order valence-electron chi connectivity index (χ0n) is 11.0. The number of rotatable bonds is 3. The Morgan fingerprint density at radius 2 is 2.35 bits per heavy atom. The largest absolute Gasteiger partial charge is 0.469 e. The summed E-state index contributed by atoms with van der Waals surface area (Å²) in [7, 11) is 1.30. The summed E-state index contributed by atoms with van der Waals surface area (Å²) in [5.74, 6) is -1.18. The van der Waals surface area contributed by atoms with E-state index in [2.05, 4.69) is 9.72 Å². The SMILES string of the molecule is COC(=O)CC1CN(C(=O)c2ccc(F)cn2)CCO1. The van der Waals surface area contributed by atoms with Crippen LogP contribution in [0, 0.1) is 5.82 Å². The molecule has 2 heterocycles. The minimum absolute atomic E-state index is 0.0944. The van der Waals surface area contributed by atoms with Gasteiger partial charge in [-0.2, -0.15) is 0 Å². The Morgan fingerprint density at radius 3 is 3.00 bits per heavy atom. The average Bonchev–Trinajstić information content (AvgIpc) is 2.47. The van der Waals surface area contributed by atoms with E-state index in [1.54, 1.807) is 0 Å². The van der Waals surface area contributed by atoms with E-state index in [9.17, 15) is 14.0 Å². The quantitative estimate of drug-likeness (QED) is 0.760. The second-order valence-corrected chi connectivity index (χ2v) is 4.39. The van der Waals surface area contributed by atoms with Gasteiger partial charge in [0.2, 0.25) is 0 Å². The van der Waals surface area contributed by atoms with Gasteiger partial charge in [-0.25, -0.2) is 9.37 Å². The molecule has 0 radical (unpaired) electrons. The molecule has 1 aromatic heterocycles. The Balaban J connectivity index is 1.99. The fraction of sp³-hybridized carbons (Fsp3) is 0.462. The van der Waals surface area contributed by atoms with Crippen LogP contribution in [-0.2, 0) is 14.3 Å². The highest BCUT2D eigenvalue weighted by atomic mass is 19.1. The van der Waals surface area contributed by atoms with Crippen molar-refractivity contribution in [2.75, 3.05) is 26.8 Å². The van der Waals surface area contributed by atoms with E-state index < -0.39 is 5.82 Å². The van der Waals surface area contributed by atoms with E-state index in [0.29, 0.717) is 13.2 Å². The number of pyridine rings is 1. The van der Waals surface area contributed by atoms with E-state index in [-0.39, 0.29) is 36.6 Å². The summed E-state index contributed by atoms with van der Waals surface area (Å²) in [6.45, 7) is 1.04. The Morgan fingerprint density at radius 1 is 1.55 bits per heavy atom. The normalized spacial score (nSPS) is 18.7. The third-order valence-corrected chi connectivity index (χ3v) is 2.99. The van der Waals surface area contributed by atoms with Gasteiger partial charge in [-0.1, -0.05) is 0 Å². The van der Waals surface area contributed by atoms with Gasteiger partial charge in [-0.15, -0.1) is 0 Å². The fourth-order valence-electron chi connectivity index (χ4n) is 1.96. The van der Waals surface area contributed by atoms with Crippen molar-refractivity contribution in [1.29, 1.82) is 0 Å². The lowest BCUT2D eigenvalue weighted by molar-refractivity contribution is -0.145. The second-order valence-electron chi connectivity index (χ2n) is 4.39. The molecular weight excluding hydrogens is 267 g/mol. The Kier molecular flexibility index (Phi) is 4.62. The standard InChI is InChI=1S/C13H15FN2O4/c1-19-12(17)6-10-8-16(4-5-20-10)13(18)11-3-2-9(14)7-15-11/h2-3,7,10H,4-6,8H2,1H3. The molecule has 1 aliphatic heterocycles. The Hall–Kier alpha value is -2.02. The van der Waals surface area contributed by atoms with Crippen LogP contribution in [0.15, 0.2) is 18.3 Å². The number of hydrogen-bond donors (Lipinski definition) is 0. The summed E-state index contributed by atoms with van der Waals surface area (Å²) in [6, 6.07) is 2.52. The summed E-state index contributed by atoms with van der Waals surface area (Å²) in [4.78, 5) is 28.7. The van der Waals surface area contributed by atoms with E-state index >= 15 is 0 Å². The topological polar surface area (TPSA) is 68.7 Å². The number of morpholine rings is 1. The van der Waals surface area contributed by atoms with Gasteiger partial charge in [-0.3, -0.25) is 9.59 Å². The molecule has 2 rings (SSSR count). The van der Waals surface area contributed by atoms with Crippen LogP contribution in [0.1, 0.15) is 16.9 Å². The van der Waals surface area contributed by atoms with E-state index in [1.165, 1.54) is 24.1 Å². The third-order valence-electron chi connectivity index (χ3n) is 2.99. The van der Waals surface area contributed by atoms with Crippen molar-refractivity contribution in [2.24, 2.45) is 0 Å². The lowest BCUT2D eigenvalue weighted by Gasteiger charge is -2.32. The number of ether oxygens (including phenoxy) is 2. The first-order valence-corrected chi connectivity index (χ1v) is 6.19. The number of carbonyl (C=O) groups excluding carboxylic acids is 2. The smallest absolute Gasteiger partial charge is 0.308 e. The molecule has 1 saturated heterocycles. The highest BCUT2D eigenvalue weighted by Crippen LogP contribution is 2.12. The molecule has 1 atom stereocenters. The zero-order chi connectivity index (χ0) is 14.5. The molecule has 0 aromatic carbocycles. The van der Waals surface area contributed by atoms with Crippen LogP contribution in [0.5, 0.6) is 0 Å². The van der Waals surface area contributed by atoms with Crippen LogP contribution in [0.25, 0.3) is 0 Å². The fourth-order valence-corrected chi connectivity index (χ4v) is 1.96. The van der Waals surface area contributed by atoms with Gasteiger partial charge in [0.05, 0.1) is 32.4 Å². The molecule has 108 valence electrons. The number of halogens is 1. The minimum atomic E-state index is -0.493. The summed E-state index contributed by atoms with van der Waals surface area (Å²) in [6.07, 6.45) is 0.706. The van der Waals surface area contributed by atoms with Crippen molar-refractivity contribution >= 4 is 11.9 Å². The highest BCUT2D eigenvalue weighted by Gasteiger charge is 2.27. The van der Waals surface area contributed by atoms with Crippen LogP contribution in [0.3, 0.4) is 0 Å². The number of aromatic nitrogens is 1. The lowest BCUT2D eigenvalue weighted by atomic mass is 10.2. The molecule has 0 N–H and O–H groups in total. The van der Waals surface area contributed by atoms with E-state index in [0.717, 1.165) is 6.20 Å². The van der Waals surface area contributed by atoms with Crippen molar-refractivity contribution in [2.45, 2.75) is 12.5 Å². The van der Waals surface area contributed by atoms with E-state index in [4.69, 9.17) is 4.74 Å². The Bertz CT molecular complexity index is 492. The molecule has 6 nitrogen and oxygen atoms in total. The first-order chi connectivity index (χ1) is 9.60. The van der Waals surface area contributed by atoms with Crippen LogP contribution < -0.4 is 0 Å². The monoisotopic (exact) mass is 282 g/mol. The van der Waals surface area contributed by atoms with Gasteiger partial charge >= 0.3 is 5.97 Å². The van der Waals surface area contributed by atoms with E-state index in [1.807, 2.05) is 0 Å². The maximum absolute atomic E-state index is 12.8. The first kappa shape index (κ1) is 14.4. The van der Waals surface area contributed by atoms with Crippen molar-refractivity contribution in [3.8, 4) is 0 Å². The van der Waals surface area contributed by atoms with Gasteiger partial charge in [0.1, 0.15) is 11.5 Å². The number of carbonyl (C=O) groups is 2.